The number of carboxylic acid groups (broad SMARTS) is 1. The molecule has 0 aliphatic carbocycles. The molecule has 3 rings (SSSR count). The number of allylic oxidation sites excluding steroid dienone is 4. The largest absolute Gasteiger partial charge is 0.481 e. The van der Waals surface area contributed by atoms with Crippen LogP contribution >= 0.6 is 11.6 Å². The first-order valence-electron chi connectivity index (χ1n) is 10.3. The molecule has 0 spiro atoms. The summed E-state index contributed by atoms with van der Waals surface area (Å²) in [6.45, 7) is 4.32. The molecule has 2 heterocycles. The number of halogens is 2. The van der Waals surface area contributed by atoms with Crippen LogP contribution in [-0.2, 0) is 27.6 Å². The molecule has 8 heteroatoms. The van der Waals surface area contributed by atoms with E-state index in [9.17, 15) is 22.7 Å². The number of hydrogen-bond acceptors (Lipinski definition) is 3. The van der Waals surface area contributed by atoms with Crippen molar-refractivity contribution in [2.45, 2.75) is 62.3 Å². The lowest BCUT2D eigenvalue weighted by atomic mass is 9.88. The van der Waals surface area contributed by atoms with Gasteiger partial charge in [0.1, 0.15) is 5.82 Å². The van der Waals surface area contributed by atoms with E-state index >= 15 is 0 Å². The number of alkyl halides is 1. The second kappa shape index (κ2) is 9.17. The summed E-state index contributed by atoms with van der Waals surface area (Å²) in [5.74, 6) is -1.80. The molecule has 0 radical (unpaired) electrons. The smallest absolute Gasteiger partial charge is 0.304 e. The van der Waals surface area contributed by atoms with Gasteiger partial charge >= 0.3 is 5.97 Å². The number of aliphatic carboxylic acids is 1. The number of nitrogens with zero attached hydrogens (tertiary/aromatic N) is 1. The van der Waals surface area contributed by atoms with Gasteiger partial charge in [0.05, 0.1) is 16.8 Å². The van der Waals surface area contributed by atoms with Gasteiger partial charge in [-0.15, -0.1) is 11.6 Å². The second-order valence-electron chi connectivity index (χ2n) is 8.10. The van der Waals surface area contributed by atoms with Crippen LogP contribution in [0.5, 0.6) is 0 Å². The Hall–Kier alpha value is -2.12. The molecule has 1 aliphatic heterocycles. The highest BCUT2D eigenvalue weighted by Crippen LogP contribution is 2.42. The summed E-state index contributed by atoms with van der Waals surface area (Å²) >= 11 is 6.05. The fraction of sp³-hybridized carbons (Fsp3) is 0.435. The zero-order chi connectivity index (χ0) is 22.9. The third-order valence-corrected chi connectivity index (χ3v) is 6.97. The van der Waals surface area contributed by atoms with Gasteiger partial charge in [0, 0.05) is 35.2 Å². The summed E-state index contributed by atoms with van der Waals surface area (Å²) in [4.78, 5) is 11.5. The van der Waals surface area contributed by atoms with E-state index in [0.29, 0.717) is 30.3 Å². The molecule has 2 unspecified atom stereocenters. The molecule has 5 nitrogen and oxygen atoms in total. The van der Waals surface area contributed by atoms with Gasteiger partial charge in [-0.05, 0) is 56.4 Å². The lowest BCUT2D eigenvalue weighted by Crippen LogP contribution is -2.19. The third-order valence-electron chi connectivity index (χ3n) is 5.71. The van der Waals surface area contributed by atoms with Crippen molar-refractivity contribution in [3.8, 4) is 0 Å². The first-order chi connectivity index (χ1) is 14.5. The van der Waals surface area contributed by atoms with Gasteiger partial charge < -0.3 is 9.67 Å². The summed E-state index contributed by atoms with van der Waals surface area (Å²) in [5.41, 5.74) is 2.98. The van der Waals surface area contributed by atoms with Crippen LogP contribution in [0.1, 0.15) is 50.3 Å². The number of carbonyl (C=O) groups is 1. The Morgan fingerprint density at radius 3 is 2.71 bits per heavy atom. The maximum absolute atomic E-state index is 14.4. The van der Waals surface area contributed by atoms with Crippen LogP contribution in [-0.4, -0.2) is 35.7 Å². The molecule has 1 N–H and O–H groups in total. The van der Waals surface area contributed by atoms with E-state index < -0.39 is 21.6 Å². The maximum atomic E-state index is 14.4. The molecular formula is C23H27ClFNO4S. The molecule has 0 saturated heterocycles. The minimum absolute atomic E-state index is 0.0558. The zero-order valence-electron chi connectivity index (χ0n) is 17.9. The standard InChI is InChI=1S/C23H27ClFNO4S/c1-4-15(8-7-14(2)24)10-18-22-19(12-17(25)13-20(22)31(3,29)30)26-9-5-6-16(23(18)26)11-21(27)28/h4,7-8,12-14,16H,5-6,9-11H2,1-3H3,(H,27,28)/b8-7-,15-4+. The Kier molecular flexibility index (Phi) is 6.96. The van der Waals surface area contributed by atoms with Gasteiger partial charge in [0.2, 0.25) is 0 Å². The number of hydrogen-bond donors (Lipinski definition) is 1. The van der Waals surface area contributed by atoms with Crippen LogP contribution in [0.2, 0.25) is 0 Å². The fourth-order valence-electron chi connectivity index (χ4n) is 4.44. The first-order valence-corrected chi connectivity index (χ1v) is 12.6. The molecule has 1 aromatic heterocycles. The zero-order valence-corrected chi connectivity index (χ0v) is 19.4. The van der Waals surface area contributed by atoms with Crippen molar-refractivity contribution in [1.82, 2.24) is 4.57 Å². The third kappa shape index (κ3) is 5.04. The quantitative estimate of drug-likeness (QED) is 0.448. The molecule has 2 atom stereocenters. The Balaban J connectivity index is 2.35. The van der Waals surface area contributed by atoms with Crippen LogP contribution in [0.4, 0.5) is 4.39 Å². The molecule has 2 aromatic rings. The van der Waals surface area contributed by atoms with Crippen molar-refractivity contribution in [1.29, 1.82) is 0 Å². The highest BCUT2D eigenvalue weighted by atomic mass is 35.5. The molecule has 0 bridgehead atoms. The molecule has 168 valence electrons. The highest BCUT2D eigenvalue weighted by molar-refractivity contribution is 7.91. The van der Waals surface area contributed by atoms with Gasteiger partial charge in [0.25, 0.3) is 0 Å². The average molecular weight is 468 g/mol. The van der Waals surface area contributed by atoms with Gasteiger partial charge in [-0.25, -0.2) is 12.8 Å². The molecule has 0 amide bonds. The van der Waals surface area contributed by atoms with Gasteiger partial charge in [-0.3, -0.25) is 4.79 Å². The molecule has 1 aliphatic rings. The Bertz CT molecular complexity index is 1180. The number of aromatic nitrogens is 1. The van der Waals surface area contributed by atoms with Gasteiger partial charge in [-0.1, -0.05) is 18.2 Å². The van der Waals surface area contributed by atoms with Crippen molar-refractivity contribution in [3.05, 3.63) is 53.0 Å². The summed E-state index contributed by atoms with van der Waals surface area (Å²) in [5, 5.41) is 9.77. The van der Waals surface area contributed by atoms with Crippen LogP contribution in [0.15, 0.2) is 40.8 Å². The number of sulfone groups is 1. The average Bonchev–Trinajstić information content (AvgIpc) is 2.97. The van der Waals surface area contributed by atoms with Crippen molar-refractivity contribution < 1.29 is 22.7 Å². The minimum Gasteiger partial charge on any atom is -0.481 e. The lowest BCUT2D eigenvalue weighted by molar-refractivity contribution is -0.137. The van der Waals surface area contributed by atoms with E-state index in [2.05, 4.69) is 0 Å². The molecule has 0 saturated carbocycles. The van der Waals surface area contributed by atoms with E-state index in [0.717, 1.165) is 35.6 Å². The number of carboxylic acids is 1. The van der Waals surface area contributed by atoms with Gasteiger partial charge in [0.15, 0.2) is 9.84 Å². The van der Waals surface area contributed by atoms with Crippen LogP contribution in [0.25, 0.3) is 10.9 Å². The van der Waals surface area contributed by atoms with Crippen LogP contribution in [0, 0.1) is 5.82 Å². The highest BCUT2D eigenvalue weighted by Gasteiger charge is 2.31. The van der Waals surface area contributed by atoms with Crippen molar-refractivity contribution in [3.63, 3.8) is 0 Å². The Morgan fingerprint density at radius 2 is 2.13 bits per heavy atom. The van der Waals surface area contributed by atoms with E-state index in [1.807, 2.05) is 36.6 Å². The SMILES string of the molecule is C/C=C(\C=C/C(C)Cl)Cc1c2n(c3cc(F)cc(S(C)(=O)=O)c13)CCCC2CC(=O)O. The molecule has 1 aromatic carbocycles. The van der Waals surface area contributed by atoms with E-state index in [1.54, 1.807) is 0 Å². The summed E-state index contributed by atoms with van der Waals surface area (Å²) in [7, 11) is -3.71. The molecule has 0 fully saturated rings. The summed E-state index contributed by atoms with van der Waals surface area (Å²) in [6.07, 6.45) is 8.51. The number of benzene rings is 1. The van der Waals surface area contributed by atoms with E-state index in [-0.39, 0.29) is 22.6 Å². The first kappa shape index (κ1) is 23.5. The van der Waals surface area contributed by atoms with E-state index in [1.165, 1.54) is 6.07 Å². The summed E-state index contributed by atoms with van der Waals surface area (Å²) < 4.78 is 41.5. The summed E-state index contributed by atoms with van der Waals surface area (Å²) in [6, 6.07) is 2.41. The number of aryl methyl sites for hydroxylation is 1. The maximum Gasteiger partial charge on any atom is 0.304 e. The number of rotatable bonds is 7. The van der Waals surface area contributed by atoms with E-state index in [4.69, 9.17) is 11.6 Å². The van der Waals surface area contributed by atoms with Gasteiger partial charge in [-0.2, -0.15) is 0 Å². The second-order valence-corrected chi connectivity index (χ2v) is 10.8. The molecular weight excluding hydrogens is 441 g/mol. The fourth-order valence-corrected chi connectivity index (χ4v) is 5.44. The van der Waals surface area contributed by atoms with Crippen molar-refractivity contribution in [2.75, 3.05) is 6.26 Å². The van der Waals surface area contributed by atoms with Crippen LogP contribution in [0.3, 0.4) is 0 Å². The topological polar surface area (TPSA) is 76.4 Å². The normalized spacial score (nSPS) is 18.5. The lowest BCUT2D eigenvalue weighted by Gasteiger charge is -2.26. The Labute approximate surface area is 187 Å². The predicted molar refractivity (Wildman–Crippen MR) is 121 cm³/mol. The predicted octanol–water partition coefficient (Wildman–Crippen LogP) is 5.21. The van der Waals surface area contributed by atoms with Crippen molar-refractivity contribution >= 4 is 38.3 Å². The monoisotopic (exact) mass is 467 g/mol. The minimum atomic E-state index is -3.71. The molecule has 31 heavy (non-hydrogen) atoms. The van der Waals surface area contributed by atoms with Crippen LogP contribution < -0.4 is 0 Å². The number of fused-ring (bicyclic) bond motifs is 3. The Morgan fingerprint density at radius 1 is 1.42 bits per heavy atom. The van der Waals surface area contributed by atoms with Crippen molar-refractivity contribution in [2.24, 2.45) is 0 Å².